The van der Waals surface area contributed by atoms with Crippen LogP contribution in [0.3, 0.4) is 0 Å². The van der Waals surface area contributed by atoms with Gasteiger partial charge in [-0.05, 0) is 48.9 Å². The minimum absolute atomic E-state index is 0.586. The summed E-state index contributed by atoms with van der Waals surface area (Å²) in [6, 6.07) is 6.83. The summed E-state index contributed by atoms with van der Waals surface area (Å²) in [5, 5.41) is 0. The Bertz CT molecular complexity index is 385. The Morgan fingerprint density at radius 1 is 1.41 bits per heavy atom. The Morgan fingerprint density at radius 2 is 2.18 bits per heavy atom. The number of benzene rings is 1. The summed E-state index contributed by atoms with van der Waals surface area (Å²) in [6.07, 6.45) is 1.24. The molecule has 1 aliphatic rings. The third-order valence-corrected chi connectivity index (χ3v) is 3.77. The molecule has 2 heteroatoms. The monoisotopic (exact) mass is 232 g/mol. The molecule has 2 N–H and O–H groups in total. The zero-order valence-corrected chi connectivity index (χ0v) is 11.2. The fourth-order valence-electron chi connectivity index (χ4n) is 2.66. The maximum atomic E-state index is 5.78. The van der Waals surface area contributed by atoms with Gasteiger partial charge in [0.25, 0.3) is 0 Å². The van der Waals surface area contributed by atoms with E-state index in [1.807, 2.05) is 0 Å². The van der Waals surface area contributed by atoms with E-state index < -0.39 is 0 Å². The Labute approximate surface area is 105 Å². The summed E-state index contributed by atoms with van der Waals surface area (Å²) in [4.78, 5) is 2.51. The van der Waals surface area contributed by atoms with Crippen LogP contribution in [0.5, 0.6) is 0 Å². The third-order valence-electron chi connectivity index (χ3n) is 3.77. The first-order chi connectivity index (χ1) is 8.11. The van der Waals surface area contributed by atoms with Crippen LogP contribution in [0.4, 0.5) is 5.69 Å². The number of rotatable bonds is 3. The van der Waals surface area contributed by atoms with Crippen molar-refractivity contribution in [3.63, 3.8) is 0 Å². The summed E-state index contributed by atoms with van der Waals surface area (Å²) >= 11 is 0. The molecule has 0 amide bonds. The molecular formula is C15H24N2. The van der Waals surface area contributed by atoms with Crippen molar-refractivity contribution in [2.75, 3.05) is 24.5 Å². The Balaban J connectivity index is 2.27. The fourth-order valence-corrected chi connectivity index (χ4v) is 2.66. The van der Waals surface area contributed by atoms with Gasteiger partial charge in [0.15, 0.2) is 0 Å². The highest BCUT2D eigenvalue weighted by molar-refractivity contribution is 5.57. The largest absolute Gasteiger partial charge is 0.371 e. The van der Waals surface area contributed by atoms with Gasteiger partial charge in [0.2, 0.25) is 0 Å². The van der Waals surface area contributed by atoms with Crippen molar-refractivity contribution in [1.29, 1.82) is 0 Å². The van der Waals surface area contributed by atoms with Crippen LogP contribution in [0.2, 0.25) is 0 Å². The zero-order valence-electron chi connectivity index (χ0n) is 11.2. The molecule has 1 aromatic carbocycles. The molecule has 0 aromatic heterocycles. The molecule has 0 bridgehead atoms. The first-order valence-corrected chi connectivity index (χ1v) is 6.67. The SMILES string of the molecule is Cc1ccc(C(C)C)c(N2CC[C@@H](CN)C2)c1. The van der Waals surface area contributed by atoms with Crippen LogP contribution in [-0.2, 0) is 0 Å². The fraction of sp³-hybridized carbons (Fsp3) is 0.600. The number of hydrogen-bond acceptors (Lipinski definition) is 2. The van der Waals surface area contributed by atoms with Crippen LogP contribution < -0.4 is 10.6 Å². The predicted octanol–water partition coefficient (Wildman–Crippen LogP) is 2.90. The lowest BCUT2D eigenvalue weighted by atomic mass is 9.99. The topological polar surface area (TPSA) is 29.3 Å². The summed E-state index contributed by atoms with van der Waals surface area (Å²) in [6.45, 7) is 9.81. The highest BCUT2D eigenvalue weighted by Crippen LogP contribution is 2.32. The van der Waals surface area contributed by atoms with E-state index >= 15 is 0 Å². The molecule has 17 heavy (non-hydrogen) atoms. The van der Waals surface area contributed by atoms with Gasteiger partial charge in [-0.1, -0.05) is 26.0 Å². The van der Waals surface area contributed by atoms with E-state index in [4.69, 9.17) is 5.73 Å². The minimum atomic E-state index is 0.586. The lowest BCUT2D eigenvalue weighted by Gasteiger charge is -2.24. The van der Waals surface area contributed by atoms with Crippen molar-refractivity contribution in [2.24, 2.45) is 11.7 Å². The number of hydrogen-bond donors (Lipinski definition) is 1. The van der Waals surface area contributed by atoms with Crippen LogP contribution >= 0.6 is 0 Å². The van der Waals surface area contributed by atoms with E-state index in [9.17, 15) is 0 Å². The molecule has 1 aliphatic heterocycles. The van der Waals surface area contributed by atoms with Gasteiger partial charge >= 0.3 is 0 Å². The first kappa shape index (κ1) is 12.4. The lowest BCUT2D eigenvalue weighted by Crippen LogP contribution is -2.23. The van der Waals surface area contributed by atoms with Crippen molar-refractivity contribution in [2.45, 2.75) is 33.1 Å². The van der Waals surface area contributed by atoms with E-state index in [0.29, 0.717) is 11.8 Å². The first-order valence-electron chi connectivity index (χ1n) is 6.67. The molecule has 0 unspecified atom stereocenters. The number of nitrogens with zero attached hydrogens (tertiary/aromatic N) is 1. The van der Waals surface area contributed by atoms with E-state index in [2.05, 4.69) is 43.9 Å². The molecular weight excluding hydrogens is 208 g/mol. The molecule has 1 atom stereocenters. The molecule has 2 rings (SSSR count). The Kier molecular flexibility index (Phi) is 3.72. The number of nitrogens with two attached hydrogens (primary N) is 1. The van der Waals surface area contributed by atoms with Crippen molar-refractivity contribution in [3.05, 3.63) is 29.3 Å². The standard InChI is InChI=1S/C15H24N2/c1-11(2)14-5-4-12(3)8-15(14)17-7-6-13(9-16)10-17/h4-5,8,11,13H,6-7,9-10,16H2,1-3H3/t13-/m0/s1. The average Bonchev–Trinajstić information content (AvgIpc) is 2.76. The van der Waals surface area contributed by atoms with Gasteiger partial charge in [-0.2, -0.15) is 0 Å². The second-order valence-corrected chi connectivity index (χ2v) is 5.55. The minimum Gasteiger partial charge on any atom is -0.371 e. The second-order valence-electron chi connectivity index (χ2n) is 5.55. The van der Waals surface area contributed by atoms with Crippen LogP contribution in [-0.4, -0.2) is 19.6 Å². The van der Waals surface area contributed by atoms with Gasteiger partial charge in [0.1, 0.15) is 0 Å². The van der Waals surface area contributed by atoms with Gasteiger partial charge in [-0.25, -0.2) is 0 Å². The number of aryl methyl sites for hydroxylation is 1. The van der Waals surface area contributed by atoms with Crippen LogP contribution in [0.15, 0.2) is 18.2 Å². The van der Waals surface area contributed by atoms with Gasteiger partial charge in [-0.15, -0.1) is 0 Å². The highest BCUT2D eigenvalue weighted by Gasteiger charge is 2.23. The van der Waals surface area contributed by atoms with E-state index in [0.717, 1.165) is 19.6 Å². The second kappa shape index (κ2) is 5.09. The molecule has 2 nitrogen and oxygen atoms in total. The molecule has 0 spiro atoms. The quantitative estimate of drug-likeness (QED) is 0.868. The number of anilines is 1. The van der Waals surface area contributed by atoms with E-state index in [1.165, 1.54) is 23.2 Å². The lowest BCUT2D eigenvalue weighted by molar-refractivity contribution is 0.602. The van der Waals surface area contributed by atoms with E-state index in [-0.39, 0.29) is 0 Å². The maximum absolute atomic E-state index is 5.78. The predicted molar refractivity (Wildman–Crippen MR) is 74.6 cm³/mol. The van der Waals surface area contributed by atoms with Crippen molar-refractivity contribution in [1.82, 2.24) is 0 Å². The summed E-state index contributed by atoms with van der Waals surface area (Å²) in [5.41, 5.74) is 10.0. The summed E-state index contributed by atoms with van der Waals surface area (Å²) in [5.74, 6) is 1.26. The maximum Gasteiger partial charge on any atom is 0.0404 e. The normalized spacial score (nSPS) is 20.3. The molecule has 1 fully saturated rings. The highest BCUT2D eigenvalue weighted by atomic mass is 15.2. The molecule has 1 heterocycles. The Hall–Kier alpha value is -1.02. The molecule has 94 valence electrons. The van der Waals surface area contributed by atoms with Crippen molar-refractivity contribution in [3.8, 4) is 0 Å². The van der Waals surface area contributed by atoms with Gasteiger partial charge in [0.05, 0.1) is 0 Å². The van der Waals surface area contributed by atoms with Crippen LogP contribution in [0.25, 0.3) is 0 Å². The molecule has 0 saturated carbocycles. The molecule has 0 radical (unpaired) electrons. The molecule has 1 aromatic rings. The van der Waals surface area contributed by atoms with Crippen LogP contribution in [0, 0.1) is 12.8 Å². The Morgan fingerprint density at radius 3 is 2.76 bits per heavy atom. The van der Waals surface area contributed by atoms with Gasteiger partial charge in [-0.3, -0.25) is 0 Å². The average molecular weight is 232 g/mol. The van der Waals surface area contributed by atoms with Gasteiger partial charge < -0.3 is 10.6 Å². The molecule has 1 saturated heterocycles. The van der Waals surface area contributed by atoms with Crippen molar-refractivity contribution < 1.29 is 0 Å². The molecule has 0 aliphatic carbocycles. The third kappa shape index (κ3) is 2.63. The van der Waals surface area contributed by atoms with Gasteiger partial charge in [0, 0.05) is 18.8 Å². The zero-order chi connectivity index (χ0) is 12.4. The van der Waals surface area contributed by atoms with Crippen LogP contribution in [0.1, 0.15) is 37.3 Å². The summed E-state index contributed by atoms with van der Waals surface area (Å²) in [7, 11) is 0. The smallest absolute Gasteiger partial charge is 0.0404 e. The summed E-state index contributed by atoms with van der Waals surface area (Å²) < 4.78 is 0. The van der Waals surface area contributed by atoms with Crippen molar-refractivity contribution >= 4 is 5.69 Å². The van der Waals surface area contributed by atoms with E-state index in [1.54, 1.807) is 0 Å².